The third kappa shape index (κ3) is 3.97. The number of rotatable bonds is 7. The molecule has 1 fully saturated rings. The summed E-state index contributed by atoms with van der Waals surface area (Å²) in [4.78, 5) is 0. The summed E-state index contributed by atoms with van der Waals surface area (Å²) in [6, 6.07) is 0.667. The lowest BCUT2D eigenvalue weighted by Gasteiger charge is -2.31. The predicted octanol–water partition coefficient (Wildman–Crippen LogP) is 2.58. The van der Waals surface area contributed by atoms with Gasteiger partial charge in [-0.2, -0.15) is 0 Å². The molecular weight excluding hydrogens is 174 g/mol. The summed E-state index contributed by atoms with van der Waals surface area (Å²) < 4.78 is 5.32. The molecule has 2 atom stereocenters. The van der Waals surface area contributed by atoms with Gasteiger partial charge < -0.3 is 10.1 Å². The van der Waals surface area contributed by atoms with Crippen molar-refractivity contribution in [2.45, 2.75) is 58.1 Å². The van der Waals surface area contributed by atoms with Gasteiger partial charge in [-0.15, -0.1) is 0 Å². The zero-order chi connectivity index (χ0) is 10.4. The molecule has 0 bridgehead atoms. The summed E-state index contributed by atoms with van der Waals surface area (Å²) in [7, 11) is 1.80. The van der Waals surface area contributed by atoms with Crippen LogP contribution in [0, 0.1) is 5.92 Å². The van der Waals surface area contributed by atoms with Crippen LogP contribution < -0.4 is 5.32 Å². The average molecular weight is 199 g/mol. The Morgan fingerprint density at radius 3 is 2.57 bits per heavy atom. The summed E-state index contributed by atoms with van der Waals surface area (Å²) in [5.41, 5.74) is 0. The summed E-state index contributed by atoms with van der Waals surface area (Å²) in [5.74, 6) is 0.989. The van der Waals surface area contributed by atoms with Crippen molar-refractivity contribution in [3.63, 3.8) is 0 Å². The van der Waals surface area contributed by atoms with Gasteiger partial charge in [0.1, 0.15) is 0 Å². The van der Waals surface area contributed by atoms with Crippen LogP contribution in [0.4, 0.5) is 0 Å². The van der Waals surface area contributed by atoms with Crippen LogP contribution in [0.25, 0.3) is 0 Å². The SMILES string of the molecule is CCNC(CC1CCC1)CC(C)OC. The molecule has 1 saturated carbocycles. The molecule has 0 aromatic rings. The van der Waals surface area contributed by atoms with Gasteiger partial charge in [0.25, 0.3) is 0 Å². The minimum Gasteiger partial charge on any atom is -0.382 e. The summed E-state index contributed by atoms with van der Waals surface area (Å²) in [6.07, 6.45) is 7.23. The van der Waals surface area contributed by atoms with E-state index in [1.54, 1.807) is 7.11 Å². The zero-order valence-corrected chi connectivity index (χ0v) is 9.88. The van der Waals surface area contributed by atoms with Gasteiger partial charge in [-0.25, -0.2) is 0 Å². The molecule has 2 unspecified atom stereocenters. The summed E-state index contributed by atoms with van der Waals surface area (Å²) in [5, 5.41) is 3.57. The van der Waals surface area contributed by atoms with Crippen molar-refractivity contribution in [3.05, 3.63) is 0 Å². The van der Waals surface area contributed by atoms with Gasteiger partial charge in [0, 0.05) is 13.2 Å². The van der Waals surface area contributed by atoms with E-state index in [4.69, 9.17) is 4.74 Å². The average Bonchev–Trinajstić information content (AvgIpc) is 2.11. The highest BCUT2D eigenvalue weighted by Crippen LogP contribution is 2.31. The van der Waals surface area contributed by atoms with Gasteiger partial charge in [-0.05, 0) is 32.2 Å². The minimum atomic E-state index is 0.388. The molecule has 0 saturated heterocycles. The fraction of sp³-hybridized carbons (Fsp3) is 1.00. The Labute approximate surface area is 88.4 Å². The number of nitrogens with one attached hydrogen (secondary N) is 1. The first kappa shape index (κ1) is 12.0. The van der Waals surface area contributed by atoms with Crippen molar-refractivity contribution >= 4 is 0 Å². The molecule has 1 N–H and O–H groups in total. The second kappa shape index (κ2) is 6.41. The maximum Gasteiger partial charge on any atom is 0.0558 e. The van der Waals surface area contributed by atoms with Crippen molar-refractivity contribution < 1.29 is 4.74 Å². The molecule has 2 heteroatoms. The van der Waals surface area contributed by atoms with Gasteiger partial charge in [0.05, 0.1) is 6.10 Å². The van der Waals surface area contributed by atoms with Crippen LogP contribution in [-0.4, -0.2) is 25.8 Å². The van der Waals surface area contributed by atoms with E-state index in [-0.39, 0.29) is 0 Å². The van der Waals surface area contributed by atoms with E-state index in [9.17, 15) is 0 Å². The van der Waals surface area contributed by atoms with E-state index in [0.717, 1.165) is 18.9 Å². The first-order valence-corrected chi connectivity index (χ1v) is 6.02. The highest BCUT2D eigenvalue weighted by Gasteiger charge is 2.22. The summed E-state index contributed by atoms with van der Waals surface area (Å²) >= 11 is 0. The van der Waals surface area contributed by atoms with Crippen molar-refractivity contribution in [1.82, 2.24) is 5.32 Å². The molecule has 0 amide bonds. The molecule has 0 aromatic carbocycles. The zero-order valence-electron chi connectivity index (χ0n) is 9.88. The Hall–Kier alpha value is -0.0800. The van der Waals surface area contributed by atoms with Crippen LogP contribution in [0.2, 0.25) is 0 Å². The van der Waals surface area contributed by atoms with E-state index < -0.39 is 0 Å². The smallest absolute Gasteiger partial charge is 0.0558 e. The molecule has 1 rings (SSSR count). The van der Waals surface area contributed by atoms with Gasteiger partial charge >= 0.3 is 0 Å². The summed E-state index contributed by atoms with van der Waals surface area (Å²) in [6.45, 7) is 5.42. The lowest BCUT2D eigenvalue weighted by atomic mass is 9.80. The standard InChI is InChI=1S/C12H25NO/c1-4-13-12(8-10(2)14-3)9-11-6-5-7-11/h10-13H,4-9H2,1-3H3. The maximum atomic E-state index is 5.32. The van der Waals surface area contributed by atoms with E-state index in [2.05, 4.69) is 19.2 Å². The Bertz CT molecular complexity index is 139. The number of methoxy groups -OCH3 is 1. The second-order valence-electron chi connectivity index (χ2n) is 4.57. The van der Waals surface area contributed by atoms with Crippen LogP contribution in [0.15, 0.2) is 0 Å². The van der Waals surface area contributed by atoms with Crippen LogP contribution in [-0.2, 0) is 4.74 Å². The Morgan fingerprint density at radius 1 is 1.43 bits per heavy atom. The number of hydrogen-bond donors (Lipinski definition) is 1. The van der Waals surface area contributed by atoms with E-state index in [0.29, 0.717) is 12.1 Å². The minimum absolute atomic E-state index is 0.388. The molecule has 0 spiro atoms. The van der Waals surface area contributed by atoms with Crippen LogP contribution >= 0.6 is 0 Å². The quantitative estimate of drug-likeness (QED) is 0.680. The normalized spacial score (nSPS) is 21.6. The van der Waals surface area contributed by atoms with Crippen LogP contribution in [0.5, 0.6) is 0 Å². The highest BCUT2D eigenvalue weighted by molar-refractivity contribution is 4.78. The molecule has 0 radical (unpaired) electrons. The van der Waals surface area contributed by atoms with Crippen molar-refractivity contribution in [1.29, 1.82) is 0 Å². The fourth-order valence-corrected chi connectivity index (χ4v) is 2.18. The third-order valence-electron chi connectivity index (χ3n) is 3.35. The lowest BCUT2D eigenvalue weighted by molar-refractivity contribution is 0.0941. The van der Waals surface area contributed by atoms with Gasteiger partial charge in [0.2, 0.25) is 0 Å². The molecule has 1 aliphatic carbocycles. The largest absolute Gasteiger partial charge is 0.382 e. The van der Waals surface area contributed by atoms with Gasteiger partial charge in [-0.1, -0.05) is 26.2 Å². The first-order valence-electron chi connectivity index (χ1n) is 6.02. The first-order chi connectivity index (χ1) is 6.76. The van der Waals surface area contributed by atoms with E-state index in [1.807, 2.05) is 0 Å². The molecule has 2 nitrogen and oxygen atoms in total. The molecule has 1 aliphatic rings. The molecule has 0 aromatic heterocycles. The molecule has 0 heterocycles. The van der Waals surface area contributed by atoms with E-state index in [1.165, 1.54) is 25.7 Å². The third-order valence-corrected chi connectivity index (χ3v) is 3.35. The monoisotopic (exact) mass is 199 g/mol. The molecule has 0 aliphatic heterocycles. The Balaban J connectivity index is 2.21. The Kier molecular flexibility index (Phi) is 5.49. The predicted molar refractivity (Wildman–Crippen MR) is 60.5 cm³/mol. The molecule has 84 valence electrons. The van der Waals surface area contributed by atoms with Crippen molar-refractivity contribution in [2.75, 3.05) is 13.7 Å². The topological polar surface area (TPSA) is 21.3 Å². The van der Waals surface area contributed by atoms with Crippen molar-refractivity contribution in [2.24, 2.45) is 5.92 Å². The molecule has 14 heavy (non-hydrogen) atoms. The van der Waals surface area contributed by atoms with Crippen molar-refractivity contribution in [3.8, 4) is 0 Å². The number of ether oxygens (including phenoxy) is 1. The van der Waals surface area contributed by atoms with Crippen LogP contribution in [0.3, 0.4) is 0 Å². The maximum absolute atomic E-state index is 5.32. The second-order valence-corrected chi connectivity index (χ2v) is 4.57. The van der Waals surface area contributed by atoms with E-state index >= 15 is 0 Å². The van der Waals surface area contributed by atoms with Gasteiger partial charge in [-0.3, -0.25) is 0 Å². The Morgan fingerprint density at radius 2 is 2.14 bits per heavy atom. The fourth-order valence-electron chi connectivity index (χ4n) is 2.18. The molecular formula is C12H25NO. The number of hydrogen-bond acceptors (Lipinski definition) is 2. The van der Waals surface area contributed by atoms with Crippen LogP contribution in [0.1, 0.15) is 46.0 Å². The lowest BCUT2D eigenvalue weighted by Crippen LogP contribution is -2.35. The highest BCUT2D eigenvalue weighted by atomic mass is 16.5. The van der Waals surface area contributed by atoms with Gasteiger partial charge in [0.15, 0.2) is 0 Å².